The van der Waals surface area contributed by atoms with E-state index in [0.717, 1.165) is 12.8 Å². The van der Waals surface area contributed by atoms with Crippen molar-refractivity contribution in [1.29, 1.82) is 0 Å². The maximum atomic E-state index is 12.6. The highest BCUT2D eigenvalue weighted by molar-refractivity contribution is 5.95. The third-order valence-corrected chi connectivity index (χ3v) is 3.98. The lowest BCUT2D eigenvalue weighted by atomic mass is 10.2. The van der Waals surface area contributed by atoms with Gasteiger partial charge in [-0.05, 0) is 39.5 Å². The third kappa shape index (κ3) is 1.90. The number of imidazole rings is 1. The minimum absolute atomic E-state index is 0.0802. The predicted molar refractivity (Wildman–Crippen MR) is 71.2 cm³/mol. The van der Waals surface area contributed by atoms with Crippen LogP contribution in [-0.4, -0.2) is 44.1 Å². The SMILES string of the molecule is CC(C)(C)OC(=O)N1CCC2CC21C(=O)n1ccnc1. The minimum atomic E-state index is -0.705. The molecule has 2 aliphatic rings. The lowest BCUT2D eigenvalue weighted by Gasteiger charge is -2.30. The Balaban J connectivity index is 1.83. The van der Waals surface area contributed by atoms with Crippen molar-refractivity contribution in [3.05, 3.63) is 18.7 Å². The number of ether oxygens (including phenoxy) is 1. The molecule has 2 unspecified atom stereocenters. The van der Waals surface area contributed by atoms with Gasteiger partial charge in [-0.1, -0.05) is 0 Å². The molecule has 3 rings (SSSR count). The van der Waals surface area contributed by atoms with Gasteiger partial charge in [0.1, 0.15) is 17.5 Å². The van der Waals surface area contributed by atoms with E-state index >= 15 is 0 Å². The normalized spacial score (nSPS) is 28.1. The zero-order chi connectivity index (χ0) is 14.5. The fraction of sp³-hybridized carbons (Fsp3) is 0.643. The maximum Gasteiger partial charge on any atom is 0.411 e. The summed E-state index contributed by atoms with van der Waals surface area (Å²) in [7, 11) is 0. The molecule has 0 aromatic carbocycles. The van der Waals surface area contributed by atoms with Crippen molar-refractivity contribution in [3.63, 3.8) is 0 Å². The summed E-state index contributed by atoms with van der Waals surface area (Å²) in [6.07, 6.45) is 5.86. The molecule has 1 aromatic rings. The number of likely N-dealkylation sites (tertiary alicyclic amines) is 1. The Kier molecular flexibility index (Phi) is 2.68. The van der Waals surface area contributed by atoms with Crippen LogP contribution in [-0.2, 0) is 4.74 Å². The Bertz CT molecular complexity index is 547. The van der Waals surface area contributed by atoms with Crippen LogP contribution >= 0.6 is 0 Å². The second kappa shape index (κ2) is 4.07. The van der Waals surface area contributed by atoms with E-state index in [-0.39, 0.29) is 11.8 Å². The monoisotopic (exact) mass is 277 g/mol. The van der Waals surface area contributed by atoms with E-state index in [1.807, 2.05) is 20.8 Å². The van der Waals surface area contributed by atoms with Crippen LogP contribution in [0, 0.1) is 5.92 Å². The van der Waals surface area contributed by atoms with Gasteiger partial charge in [0, 0.05) is 18.9 Å². The van der Waals surface area contributed by atoms with Gasteiger partial charge in [0.25, 0.3) is 5.91 Å². The molecule has 0 bridgehead atoms. The molecule has 0 spiro atoms. The zero-order valence-corrected chi connectivity index (χ0v) is 12.0. The topological polar surface area (TPSA) is 64.4 Å². The molecule has 20 heavy (non-hydrogen) atoms. The molecule has 1 aromatic heterocycles. The molecule has 108 valence electrons. The Morgan fingerprint density at radius 2 is 2.15 bits per heavy atom. The highest BCUT2D eigenvalue weighted by atomic mass is 16.6. The van der Waals surface area contributed by atoms with E-state index < -0.39 is 17.2 Å². The predicted octanol–water partition coefficient (Wildman–Crippen LogP) is 1.92. The Hall–Kier alpha value is -1.85. The van der Waals surface area contributed by atoms with E-state index in [0.29, 0.717) is 6.54 Å². The number of piperidine rings is 1. The van der Waals surface area contributed by atoms with Gasteiger partial charge in [0.15, 0.2) is 0 Å². The van der Waals surface area contributed by atoms with Crippen LogP contribution in [0.2, 0.25) is 0 Å². The van der Waals surface area contributed by atoms with Crippen molar-refractivity contribution < 1.29 is 14.3 Å². The van der Waals surface area contributed by atoms with Crippen molar-refractivity contribution in [2.24, 2.45) is 5.92 Å². The van der Waals surface area contributed by atoms with Crippen molar-refractivity contribution >= 4 is 12.0 Å². The first-order valence-electron chi connectivity index (χ1n) is 6.88. The van der Waals surface area contributed by atoms with Gasteiger partial charge in [0.05, 0.1) is 0 Å². The molecule has 2 heterocycles. The van der Waals surface area contributed by atoms with Gasteiger partial charge >= 0.3 is 6.09 Å². The second-order valence-electron chi connectivity index (χ2n) is 6.52. The van der Waals surface area contributed by atoms with Crippen LogP contribution in [0.1, 0.15) is 38.4 Å². The summed E-state index contributed by atoms with van der Waals surface area (Å²) in [5.74, 6) is 0.174. The van der Waals surface area contributed by atoms with Gasteiger partial charge in [-0.25, -0.2) is 9.78 Å². The number of nitrogens with zero attached hydrogens (tertiary/aromatic N) is 3. The quantitative estimate of drug-likeness (QED) is 0.786. The Morgan fingerprint density at radius 3 is 2.70 bits per heavy atom. The molecule has 0 radical (unpaired) electrons. The first-order valence-corrected chi connectivity index (χ1v) is 6.88. The first-order chi connectivity index (χ1) is 9.34. The van der Waals surface area contributed by atoms with Gasteiger partial charge in [-0.15, -0.1) is 0 Å². The van der Waals surface area contributed by atoms with Gasteiger partial charge < -0.3 is 4.74 Å². The molecule has 2 fully saturated rings. The summed E-state index contributed by atoms with van der Waals surface area (Å²) in [5.41, 5.74) is -1.26. The van der Waals surface area contributed by atoms with Gasteiger partial charge in [-0.2, -0.15) is 0 Å². The van der Waals surface area contributed by atoms with Crippen molar-refractivity contribution in [2.75, 3.05) is 6.54 Å². The highest BCUT2D eigenvalue weighted by Gasteiger charge is 2.69. The number of hydrogen-bond donors (Lipinski definition) is 0. The number of hydrogen-bond acceptors (Lipinski definition) is 4. The van der Waals surface area contributed by atoms with Gasteiger partial charge in [0.2, 0.25) is 0 Å². The van der Waals surface area contributed by atoms with Crippen LogP contribution < -0.4 is 0 Å². The first kappa shape index (κ1) is 13.1. The number of carbonyl (C=O) groups excluding carboxylic acids is 2. The number of amides is 1. The molecule has 1 aliphatic carbocycles. The molecule has 1 saturated carbocycles. The van der Waals surface area contributed by atoms with Crippen LogP contribution in [0.5, 0.6) is 0 Å². The number of fused-ring (bicyclic) bond motifs is 1. The van der Waals surface area contributed by atoms with E-state index in [4.69, 9.17) is 4.74 Å². The number of rotatable bonds is 1. The molecule has 1 aliphatic heterocycles. The molecule has 6 heteroatoms. The largest absolute Gasteiger partial charge is 0.444 e. The molecular weight excluding hydrogens is 258 g/mol. The molecule has 1 amide bonds. The Labute approximate surface area is 117 Å². The fourth-order valence-corrected chi connectivity index (χ4v) is 3.02. The average Bonchev–Trinajstić information content (AvgIpc) is 2.79. The number of aromatic nitrogens is 2. The molecule has 6 nitrogen and oxygen atoms in total. The van der Waals surface area contributed by atoms with Gasteiger partial charge in [-0.3, -0.25) is 14.3 Å². The molecular formula is C14H19N3O3. The van der Waals surface area contributed by atoms with E-state index in [2.05, 4.69) is 4.98 Å². The maximum absolute atomic E-state index is 12.6. The van der Waals surface area contributed by atoms with Crippen molar-refractivity contribution in [1.82, 2.24) is 14.5 Å². The second-order valence-corrected chi connectivity index (χ2v) is 6.52. The van der Waals surface area contributed by atoms with E-state index in [1.54, 1.807) is 17.3 Å². The lowest BCUT2D eigenvalue weighted by molar-refractivity contribution is 0.0158. The van der Waals surface area contributed by atoms with E-state index in [9.17, 15) is 9.59 Å². The molecule has 2 atom stereocenters. The molecule has 1 saturated heterocycles. The van der Waals surface area contributed by atoms with Crippen LogP contribution in [0.15, 0.2) is 18.7 Å². The van der Waals surface area contributed by atoms with Crippen LogP contribution in [0.4, 0.5) is 4.79 Å². The number of carbonyl (C=O) groups is 2. The average molecular weight is 277 g/mol. The van der Waals surface area contributed by atoms with Crippen molar-refractivity contribution in [2.45, 2.75) is 44.8 Å². The Morgan fingerprint density at radius 1 is 1.40 bits per heavy atom. The summed E-state index contributed by atoms with van der Waals surface area (Å²) in [6.45, 7) is 6.07. The minimum Gasteiger partial charge on any atom is -0.444 e. The summed E-state index contributed by atoms with van der Waals surface area (Å²) in [5, 5.41) is 0. The summed E-state index contributed by atoms with van der Waals surface area (Å²) in [6, 6.07) is 0. The van der Waals surface area contributed by atoms with Crippen LogP contribution in [0.25, 0.3) is 0 Å². The lowest BCUT2D eigenvalue weighted by Crippen LogP contribution is -2.48. The smallest absolute Gasteiger partial charge is 0.411 e. The summed E-state index contributed by atoms with van der Waals surface area (Å²) < 4.78 is 6.88. The summed E-state index contributed by atoms with van der Waals surface area (Å²) >= 11 is 0. The molecule has 0 N–H and O–H groups in total. The highest BCUT2D eigenvalue weighted by Crippen LogP contribution is 2.56. The van der Waals surface area contributed by atoms with E-state index in [1.165, 1.54) is 10.9 Å². The third-order valence-electron chi connectivity index (χ3n) is 3.98. The fourth-order valence-electron chi connectivity index (χ4n) is 3.02. The van der Waals surface area contributed by atoms with Crippen LogP contribution in [0.3, 0.4) is 0 Å². The summed E-state index contributed by atoms with van der Waals surface area (Å²) in [4.78, 5) is 30.4. The zero-order valence-electron chi connectivity index (χ0n) is 12.0. The van der Waals surface area contributed by atoms with Crippen molar-refractivity contribution in [3.8, 4) is 0 Å². The standard InChI is InChI=1S/C14H19N3O3/c1-13(2,3)20-12(19)17-6-4-10-8-14(10,17)11(18)16-7-5-15-9-16/h5,7,9-10H,4,6,8H2,1-3H3.